The van der Waals surface area contributed by atoms with Gasteiger partial charge in [-0.25, -0.2) is 13.1 Å². The minimum absolute atomic E-state index is 0.0985. The molecule has 0 aromatic heterocycles. The largest absolute Gasteiger partial charge is 0.490 e. The summed E-state index contributed by atoms with van der Waals surface area (Å²) < 4.78 is 42.5. The fraction of sp³-hybridized carbons (Fsp3) is 0.475. The van der Waals surface area contributed by atoms with Gasteiger partial charge in [0.05, 0.1) is 30.3 Å². The first kappa shape index (κ1) is 34.9. The third-order valence-electron chi connectivity index (χ3n) is 11.5. The zero-order chi connectivity index (χ0) is 34.9. The van der Waals surface area contributed by atoms with E-state index in [4.69, 9.17) is 21.1 Å². The van der Waals surface area contributed by atoms with E-state index in [0.717, 1.165) is 61.6 Å². The monoisotopic (exact) mass is 717 g/mol. The summed E-state index contributed by atoms with van der Waals surface area (Å²) in [5.41, 5.74) is 4.48. The number of aryl methyl sites for hydroxylation is 1. The van der Waals surface area contributed by atoms with Gasteiger partial charge in [0.1, 0.15) is 5.75 Å². The molecule has 2 aliphatic carbocycles. The molecule has 8 nitrogen and oxygen atoms in total. The highest BCUT2D eigenvalue weighted by atomic mass is 35.5. The number of halogens is 1. The summed E-state index contributed by atoms with van der Waals surface area (Å²) in [7, 11) is -3.93. The van der Waals surface area contributed by atoms with Crippen molar-refractivity contribution in [2.45, 2.75) is 69.1 Å². The average molecular weight is 718 g/mol. The summed E-state index contributed by atoms with van der Waals surface area (Å²) in [5.74, 6) is 0.554. The molecule has 1 amide bonds. The van der Waals surface area contributed by atoms with Crippen molar-refractivity contribution in [2.75, 3.05) is 43.1 Å². The molecular formula is C40H48ClN3O5S. The number of fused-ring (bicyclic) bond motifs is 4. The molecule has 266 valence electrons. The zero-order valence-corrected chi connectivity index (χ0v) is 30.5. The fourth-order valence-electron chi connectivity index (χ4n) is 8.27. The quantitative estimate of drug-likeness (QED) is 0.210. The first-order chi connectivity index (χ1) is 24.1. The molecule has 6 atom stereocenters. The van der Waals surface area contributed by atoms with Crippen molar-refractivity contribution >= 4 is 38.9 Å². The van der Waals surface area contributed by atoms with Crippen LogP contribution in [0.15, 0.2) is 78.9 Å². The maximum absolute atomic E-state index is 13.5. The molecule has 0 saturated heterocycles. The van der Waals surface area contributed by atoms with Gasteiger partial charge in [0.2, 0.25) is 10.0 Å². The molecule has 1 fully saturated rings. The number of anilines is 2. The SMILES string of the molecule is C[C@@H]1[C@@H](C)C/C=C\[C@H](OCCNc2ccccc2)[C@@H]2CC[C@H]2CN2C[C@@]3(CCCc4cc(Cl)ccc43)COc3ccc(cc32)C(=O)NS1(=O)=O. The second-order valence-corrected chi connectivity index (χ2v) is 17.2. The molecule has 1 saturated carbocycles. The van der Waals surface area contributed by atoms with Crippen molar-refractivity contribution in [3.8, 4) is 5.75 Å². The number of hydrogen-bond acceptors (Lipinski definition) is 7. The number of para-hydroxylation sites is 1. The Kier molecular flexibility index (Phi) is 10.2. The summed E-state index contributed by atoms with van der Waals surface area (Å²) in [6.45, 7) is 6.82. The van der Waals surface area contributed by atoms with Crippen LogP contribution in [0.3, 0.4) is 0 Å². The van der Waals surface area contributed by atoms with Crippen molar-refractivity contribution in [3.63, 3.8) is 0 Å². The van der Waals surface area contributed by atoms with Crippen LogP contribution < -0.4 is 19.7 Å². The average Bonchev–Trinajstić information content (AvgIpc) is 3.24. The van der Waals surface area contributed by atoms with Crippen LogP contribution >= 0.6 is 11.6 Å². The molecule has 2 heterocycles. The van der Waals surface area contributed by atoms with Crippen molar-refractivity contribution in [1.82, 2.24) is 4.72 Å². The molecule has 1 spiro atoms. The summed E-state index contributed by atoms with van der Waals surface area (Å²) in [5, 5.41) is 3.43. The molecule has 3 aromatic rings. The van der Waals surface area contributed by atoms with Crippen LogP contribution in [-0.2, 0) is 26.6 Å². The molecule has 2 bridgehead atoms. The Hall–Kier alpha value is -3.53. The Labute approximate surface area is 301 Å². The minimum Gasteiger partial charge on any atom is -0.490 e. The van der Waals surface area contributed by atoms with Crippen LogP contribution in [0.5, 0.6) is 5.75 Å². The Morgan fingerprint density at radius 2 is 1.92 bits per heavy atom. The highest BCUT2D eigenvalue weighted by Crippen LogP contribution is 2.47. The number of rotatable bonds is 5. The van der Waals surface area contributed by atoms with Gasteiger partial charge in [0.15, 0.2) is 0 Å². The Bertz CT molecular complexity index is 1840. The van der Waals surface area contributed by atoms with E-state index < -0.39 is 21.2 Å². The van der Waals surface area contributed by atoms with Gasteiger partial charge in [-0.15, -0.1) is 0 Å². The maximum atomic E-state index is 13.5. The molecule has 2 N–H and O–H groups in total. The van der Waals surface area contributed by atoms with Gasteiger partial charge >= 0.3 is 0 Å². The molecule has 0 unspecified atom stereocenters. The van der Waals surface area contributed by atoms with Crippen molar-refractivity contribution in [2.24, 2.45) is 17.8 Å². The summed E-state index contributed by atoms with van der Waals surface area (Å²) in [6.07, 6.45) is 9.82. The smallest absolute Gasteiger partial charge is 0.264 e. The normalized spacial score (nSPS) is 29.7. The van der Waals surface area contributed by atoms with Gasteiger partial charge in [0.25, 0.3) is 5.91 Å². The highest BCUT2D eigenvalue weighted by Gasteiger charge is 2.44. The number of sulfonamides is 1. The Balaban J connectivity index is 1.22. The Morgan fingerprint density at radius 1 is 1.08 bits per heavy atom. The molecule has 0 radical (unpaired) electrons. The second-order valence-electron chi connectivity index (χ2n) is 14.7. The third kappa shape index (κ3) is 7.28. The third-order valence-corrected chi connectivity index (χ3v) is 13.7. The number of ether oxygens (including phenoxy) is 2. The lowest BCUT2D eigenvalue weighted by Gasteiger charge is -2.46. The van der Waals surface area contributed by atoms with Crippen molar-refractivity contribution in [1.29, 1.82) is 0 Å². The second kappa shape index (κ2) is 14.6. The van der Waals surface area contributed by atoms with Crippen LogP contribution in [0.1, 0.15) is 67.4 Å². The number of carbonyl (C=O) groups excluding carboxylic acids is 1. The van der Waals surface area contributed by atoms with E-state index in [1.807, 2.05) is 55.5 Å². The molecular weight excluding hydrogens is 670 g/mol. The lowest BCUT2D eigenvalue weighted by atomic mass is 9.68. The highest BCUT2D eigenvalue weighted by molar-refractivity contribution is 7.90. The van der Waals surface area contributed by atoms with E-state index in [9.17, 15) is 13.2 Å². The van der Waals surface area contributed by atoms with E-state index in [0.29, 0.717) is 49.3 Å². The summed E-state index contributed by atoms with van der Waals surface area (Å²) in [4.78, 5) is 15.9. The fourth-order valence-corrected chi connectivity index (χ4v) is 9.75. The van der Waals surface area contributed by atoms with E-state index in [1.165, 1.54) is 11.1 Å². The van der Waals surface area contributed by atoms with E-state index in [-0.39, 0.29) is 17.4 Å². The van der Waals surface area contributed by atoms with Gasteiger partial charge in [0, 0.05) is 41.3 Å². The van der Waals surface area contributed by atoms with Crippen LogP contribution in [0, 0.1) is 17.8 Å². The predicted molar refractivity (Wildman–Crippen MR) is 200 cm³/mol. The first-order valence-corrected chi connectivity index (χ1v) is 20.0. The van der Waals surface area contributed by atoms with E-state index in [2.05, 4.69) is 39.2 Å². The van der Waals surface area contributed by atoms with E-state index in [1.54, 1.807) is 13.0 Å². The van der Waals surface area contributed by atoms with Crippen LogP contribution in [0.25, 0.3) is 0 Å². The molecule has 4 aliphatic rings. The molecule has 10 heteroatoms. The van der Waals surface area contributed by atoms with Crippen LogP contribution in [0.4, 0.5) is 11.4 Å². The zero-order valence-electron chi connectivity index (χ0n) is 28.9. The van der Waals surface area contributed by atoms with Gasteiger partial charge < -0.3 is 19.7 Å². The van der Waals surface area contributed by atoms with Gasteiger partial charge in [-0.3, -0.25) is 4.79 Å². The number of carbonyl (C=O) groups is 1. The van der Waals surface area contributed by atoms with Crippen LogP contribution in [-0.4, -0.2) is 58.5 Å². The lowest BCUT2D eigenvalue weighted by Crippen LogP contribution is -2.49. The molecule has 7 rings (SSSR count). The number of nitrogens with zero attached hydrogens (tertiary/aromatic N) is 1. The summed E-state index contributed by atoms with van der Waals surface area (Å²) in [6, 6.07) is 21.7. The van der Waals surface area contributed by atoms with Gasteiger partial charge in [-0.2, -0.15) is 0 Å². The van der Waals surface area contributed by atoms with Gasteiger partial charge in [-0.05, 0) is 117 Å². The standard InChI is InChI=1S/C40H48ClN3O5S/c1-27-8-6-12-37(48-21-20-42-33-10-4-3-5-11-33)34-16-13-31(34)24-44-25-40(19-7-9-29-22-32(41)15-17-35(29)40)26-49-38-18-14-30(23-36(38)44)39(45)43-50(46,47)28(27)2/h3-6,10-12,14-15,17-18,22-23,27-28,31,34,37,42H,7-9,13,16,19-21,24-26H2,1-2H3,(H,43,45)/b12-6-/t27-,28+,31-,34+,37-,40-/m0/s1. The van der Waals surface area contributed by atoms with Crippen LogP contribution in [0.2, 0.25) is 5.02 Å². The minimum atomic E-state index is -3.93. The number of nitrogens with one attached hydrogen (secondary N) is 2. The Morgan fingerprint density at radius 3 is 2.72 bits per heavy atom. The molecule has 3 aromatic carbocycles. The predicted octanol–water partition coefficient (Wildman–Crippen LogP) is 7.38. The number of hydrogen-bond donors (Lipinski definition) is 2. The van der Waals surface area contributed by atoms with Crippen molar-refractivity contribution in [3.05, 3.63) is 101 Å². The topological polar surface area (TPSA) is 97.0 Å². The number of allylic oxidation sites excluding steroid dienone is 1. The summed E-state index contributed by atoms with van der Waals surface area (Å²) >= 11 is 6.46. The number of benzene rings is 3. The van der Waals surface area contributed by atoms with Gasteiger partial charge in [-0.1, -0.05) is 54.9 Å². The maximum Gasteiger partial charge on any atom is 0.264 e. The molecule has 50 heavy (non-hydrogen) atoms. The van der Waals surface area contributed by atoms with Crippen molar-refractivity contribution < 1.29 is 22.7 Å². The molecule has 2 aliphatic heterocycles. The number of amides is 1. The van der Waals surface area contributed by atoms with E-state index >= 15 is 0 Å². The lowest BCUT2D eigenvalue weighted by molar-refractivity contribution is -0.00993. The first-order valence-electron chi connectivity index (χ1n) is 18.1.